The van der Waals surface area contributed by atoms with Gasteiger partial charge in [-0.2, -0.15) is 0 Å². The van der Waals surface area contributed by atoms with Gasteiger partial charge in [-0.3, -0.25) is 4.21 Å². The summed E-state index contributed by atoms with van der Waals surface area (Å²) in [4.78, 5) is 0. The van der Waals surface area contributed by atoms with Crippen LogP contribution in [-0.4, -0.2) is 16.5 Å². The monoisotopic (exact) mass is 251 g/mol. The third-order valence-corrected chi connectivity index (χ3v) is 3.60. The molecule has 1 rings (SSSR count). The molecule has 0 fully saturated rings. The maximum atomic E-state index is 11.4. The van der Waals surface area contributed by atoms with E-state index in [0.29, 0.717) is 28.1 Å². The van der Waals surface area contributed by atoms with Crippen LogP contribution in [-0.2, 0) is 16.6 Å². The second-order valence-corrected chi connectivity index (χ2v) is 5.23. The zero-order valence-corrected chi connectivity index (χ0v) is 9.83. The van der Waals surface area contributed by atoms with Crippen molar-refractivity contribution in [2.75, 3.05) is 12.3 Å². The molecule has 0 heterocycles. The van der Waals surface area contributed by atoms with E-state index in [9.17, 15) is 4.21 Å². The molecule has 0 radical (unpaired) electrons. The minimum absolute atomic E-state index is 0.413. The van der Waals surface area contributed by atoms with Crippen molar-refractivity contribution in [3.05, 3.63) is 33.8 Å². The number of nitrogens with two attached hydrogens (primary N) is 1. The quantitative estimate of drug-likeness (QED) is 0.892. The van der Waals surface area contributed by atoms with Crippen molar-refractivity contribution in [3.8, 4) is 0 Å². The fraction of sp³-hybridized carbons (Fsp3) is 0.333. The lowest BCUT2D eigenvalue weighted by atomic mass is 10.2. The summed E-state index contributed by atoms with van der Waals surface area (Å²) in [5, 5.41) is 1.20. The van der Waals surface area contributed by atoms with Crippen molar-refractivity contribution in [2.45, 2.75) is 5.75 Å². The Labute approximate surface area is 95.8 Å². The molecule has 0 bridgehead atoms. The summed E-state index contributed by atoms with van der Waals surface area (Å²) in [5.74, 6) is 0.902. The van der Waals surface area contributed by atoms with E-state index in [2.05, 4.69) is 0 Å². The summed E-state index contributed by atoms with van der Waals surface area (Å²) in [6.45, 7) is 0.421. The molecular weight excluding hydrogens is 241 g/mol. The second kappa shape index (κ2) is 5.71. The molecule has 1 aromatic carbocycles. The highest BCUT2D eigenvalue weighted by Gasteiger charge is 2.05. The van der Waals surface area contributed by atoms with Crippen molar-refractivity contribution in [3.63, 3.8) is 0 Å². The molecule has 0 aromatic heterocycles. The minimum Gasteiger partial charge on any atom is -0.330 e. The number of halogens is 2. The second-order valence-electron chi connectivity index (χ2n) is 2.81. The van der Waals surface area contributed by atoms with E-state index < -0.39 is 10.8 Å². The Morgan fingerprint density at radius 2 is 2.07 bits per heavy atom. The molecule has 0 aliphatic heterocycles. The molecule has 2 nitrogen and oxygen atoms in total. The fourth-order valence-electron chi connectivity index (χ4n) is 1.03. The number of hydrogen-bond acceptors (Lipinski definition) is 2. The van der Waals surface area contributed by atoms with Gasteiger partial charge < -0.3 is 5.73 Å². The van der Waals surface area contributed by atoms with Crippen LogP contribution in [0.3, 0.4) is 0 Å². The first-order chi connectivity index (χ1) is 6.63. The molecule has 1 atom stereocenters. The maximum Gasteiger partial charge on any atom is 0.0501 e. The normalized spacial score (nSPS) is 12.8. The van der Waals surface area contributed by atoms with E-state index in [4.69, 9.17) is 28.9 Å². The Balaban J connectivity index is 2.75. The lowest BCUT2D eigenvalue weighted by Gasteiger charge is -2.04. The predicted octanol–water partition coefficient (Wildman–Crippen LogP) is 2.20. The number of hydrogen-bond donors (Lipinski definition) is 1. The summed E-state index contributed by atoms with van der Waals surface area (Å²) >= 11 is 11.7. The molecule has 0 spiro atoms. The smallest absolute Gasteiger partial charge is 0.0501 e. The van der Waals surface area contributed by atoms with Crippen LogP contribution in [0.2, 0.25) is 10.0 Å². The Kier molecular flexibility index (Phi) is 4.89. The van der Waals surface area contributed by atoms with Gasteiger partial charge in [0.15, 0.2) is 0 Å². The van der Waals surface area contributed by atoms with Gasteiger partial charge in [0.05, 0.1) is 5.75 Å². The van der Waals surface area contributed by atoms with E-state index in [1.165, 1.54) is 0 Å². The van der Waals surface area contributed by atoms with Crippen LogP contribution in [0, 0.1) is 0 Å². The first-order valence-electron chi connectivity index (χ1n) is 4.12. The molecule has 1 aromatic rings. The van der Waals surface area contributed by atoms with Crippen molar-refractivity contribution in [2.24, 2.45) is 5.73 Å². The molecule has 5 heteroatoms. The molecule has 0 aliphatic rings. The Bertz CT molecular complexity index is 344. The van der Waals surface area contributed by atoms with Crippen LogP contribution in [0.15, 0.2) is 18.2 Å². The van der Waals surface area contributed by atoms with Gasteiger partial charge in [0.2, 0.25) is 0 Å². The molecule has 14 heavy (non-hydrogen) atoms. The van der Waals surface area contributed by atoms with Crippen molar-refractivity contribution >= 4 is 34.0 Å². The van der Waals surface area contributed by atoms with Gasteiger partial charge in [0.25, 0.3) is 0 Å². The van der Waals surface area contributed by atoms with Crippen LogP contribution in [0.5, 0.6) is 0 Å². The average molecular weight is 252 g/mol. The summed E-state index contributed by atoms with van der Waals surface area (Å²) in [7, 11) is -0.958. The lowest BCUT2D eigenvalue weighted by molar-refractivity contribution is 0.682. The highest BCUT2D eigenvalue weighted by atomic mass is 35.5. The van der Waals surface area contributed by atoms with Crippen molar-refractivity contribution < 1.29 is 4.21 Å². The molecular formula is C9H11Cl2NOS. The molecule has 0 amide bonds. The Hall–Kier alpha value is -0.0900. The maximum absolute atomic E-state index is 11.4. The molecule has 78 valence electrons. The largest absolute Gasteiger partial charge is 0.330 e. The van der Waals surface area contributed by atoms with Gasteiger partial charge in [-0.25, -0.2) is 0 Å². The standard InChI is InChI=1S/C9H11Cl2NOS/c10-8-1-2-9(11)7(5-8)6-14(13)4-3-12/h1-2,5H,3-4,6,12H2. The summed E-state index contributed by atoms with van der Waals surface area (Å²) in [6, 6.07) is 5.15. The van der Waals surface area contributed by atoms with Gasteiger partial charge in [-0.1, -0.05) is 23.2 Å². The minimum atomic E-state index is -0.958. The van der Waals surface area contributed by atoms with Crippen molar-refractivity contribution in [1.29, 1.82) is 0 Å². The Morgan fingerprint density at radius 3 is 2.71 bits per heavy atom. The SMILES string of the molecule is NCCS(=O)Cc1cc(Cl)ccc1Cl. The van der Waals surface area contributed by atoms with Crippen LogP contribution < -0.4 is 5.73 Å². The van der Waals surface area contributed by atoms with E-state index >= 15 is 0 Å². The van der Waals surface area contributed by atoms with E-state index in [0.717, 1.165) is 5.56 Å². The molecule has 0 saturated carbocycles. The van der Waals surface area contributed by atoms with Gasteiger partial charge in [-0.05, 0) is 23.8 Å². The number of benzene rings is 1. The van der Waals surface area contributed by atoms with Gasteiger partial charge >= 0.3 is 0 Å². The van der Waals surface area contributed by atoms with Crippen LogP contribution in [0.1, 0.15) is 5.56 Å². The van der Waals surface area contributed by atoms with E-state index in [1.807, 2.05) is 0 Å². The van der Waals surface area contributed by atoms with Gasteiger partial charge in [-0.15, -0.1) is 0 Å². The zero-order valence-electron chi connectivity index (χ0n) is 7.50. The summed E-state index contributed by atoms with van der Waals surface area (Å²) in [5.41, 5.74) is 6.11. The van der Waals surface area contributed by atoms with Gasteiger partial charge in [0, 0.05) is 33.1 Å². The number of rotatable bonds is 4. The highest BCUT2D eigenvalue weighted by Crippen LogP contribution is 2.21. The Morgan fingerprint density at radius 1 is 1.36 bits per heavy atom. The third-order valence-electron chi connectivity index (χ3n) is 1.67. The molecule has 0 aliphatic carbocycles. The highest BCUT2D eigenvalue weighted by molar-refractivity contribution is 7.84. The third kappa shape index (κ3) is 3.58. The van der Waals surface area contributed by atoms with Crippen LogP contribution >= 0.6 is 23.2 Å². The molecule has 1 unspecified atom stereocenters. The predicted molar refractivity (Wildman–Crippen MR) is 62.2 cm³/mol. The topological polar surface area (TPSA) is 43.1 Å². The van der Waals surface area contributed by atoms with Crippen molar-refractivity contribution in [1.82, 2.24) is 0 Å². The molecule has 0 saturated heterocycles. The fourth-order valence-corrected chi connectivity index (χ4v) is 2.48. The first kappa shape index (κ1) is 12.0. The van der Waals surface area contributed by atoms with Crippen LogP contribution in [0.25, 0.3) is 0 Å². The first-order valence-corrected chi connectivity index (χ1v) is 6.37. The van der Waals surface area contributed by atoms with Crippen LogP contribution in [0.4, 0.5) is 0 Å². The van der Waals surface area contributed by atoms with E-state index in [1.54, 1.807) is 18.2 Å². The summed E-state index contributed by atoms with van der Waals surface area (Å²) < 4.78 is 11.4. The van der Waals surface area contributed by atoms with Gasteiger partial charge in [0.1, 0.15) is 0 Å². The summed E-state index contributed by atoms with van der Waals surface area (Å²) in [6.07, 6.45) is 0. The average Bonchev–Trinajstić information content (AvgIpc) is 2.12. The van der Waals surface area contributed by atoms with E-state index in [-0.39, 0.29) is 0 Å². The molecule has 2 N–H and O–H groups in total. The lowest BCUT2D eigenvalue weighted by Crippen LogP contribution is -2.11. The zero-order chi connectivity index (χ0) is 10.6.